The molecule has 1 amide bonds. The van der Waals surface area contributed by atoms with Crippen molar-refractivity contribution in [1.29, 1.82) is 0 Å². The average molecular weight is 242 g/mol. The van der Waals surface area contributed by atoms with Crippen LogP contribution in [0.3, 0.4) is 0 Å². The maximum absolute atomic E-state index is 11.4. The number of nitrogens with zero attached hydrogens (tertiary/aromatic N) is 2. The quantitative estimate of drug-likeness (QED) is 0.896. The summed E-state index contributed by atoms with van der Waals surface area (Å²) < 4.78 is 0. The van der Waals surface area contributed by atoms with Crippen LogP contribution in [0.25, 0.3) is 0 Å². The summed E-state index contributed by atoms with van der Waals surface area (Å²) in [5.41, 5.74) is 1.46. The van der Waals surface area contributed by atoms with Crippen molar-refractivity contribution in [3.63, 3.8) is 0 Å². The standard InChI is InChI=1S/C14H14N2O2/c1-2-11-7-6-10-13(15-11)16(14(17)18)12-8-4-3-5-9-12/h3-10H,2H2,1H3,(H,17,18). The number of aromatic nitrogens is 1. The summed E-state index contributed by atoms with van der Waals surface area (Å²) in [4.78, 5) is 16.9. The van der Waals surface area contributed by atoms with Crippen molar-refractivity contribution in [3.05, 3.63) is 54.2 Å². The van der Waals surface area contributed by atoms with Crippen LogP contribution in [-0.2, 0) is 6.42 Å². The zero-order valence-corrected chi connectivity index (χ0v) is 10.1. The van der Waals surface area contributed by atoms with Gasteiger partial charge in [0.2, 0.25) is 0 Å². The fourth-order valence-corrected chi connectivity index (χ4v) is 1.71. The maximum atomic E-state index is 11.4. The number of amides is 1. The molecule has 0 saturated heterocycles. The van der Waals surface area contributed by atoms with Crippen LogP contribution in [0.5, 0.6) is 0 Å². The Kier molecular flexibility index (Phi) is 3.57. The first-order valence-corrected chi connectivity index (χ1v) is 5.76. The molecular weight excluding hydrogens is 228 g/mol. The van der Waals surface area contributed by atoms with E-state index in [0.717, 1.165) is 12.1 Å². The third kappa shape index (κ3) is 2.48. The molecule has 0 saturated carbocycles. The molecule has 0 spiro atoms. The molecule has 0 aliphatic rings. The predicted octanol–water partition coefficient (Wildman–Crippen LogP) is 3.46. The van der Waals surface area contributed by atoms with Crippen molar-refractivity contribution in [3.8, 4) is 0 Å². The van der Waals surface area contributed by atoms with E-state index in [1.165, 1.54) is 4.90 Å². The summed E-state index contributed by atoms with van der Waals surface area (Å²) >= 11 is 0. The molecule has 0 aliphatic heterocycles. The van der Waals surface area contributed by atoms with Gasteiger partial charge in [0.1, 0.15) is 5.82 Å². The Hall–Kier alpha value is -2.36. The lowest BCUT2D eigenvalue weighted by atomic mass is 10.2. The lowest BCUT2D eigenvalue weighted by molar-refractivity contribution is 0.204. The fourth-order valence-electron chi connectivity index (χ4n) is 1.71. The Balaban J connectivity index is 2.45. The normalized spacial score (nSPS) is 10.1. The number of carbonyl (C=O) groups is 1. The van der Waals surface area contributed by atoms with E-state index in [9.17, 15) is 9.90 Å². The number of benzene rings is 1. The Morgan fingerprint density at radius 1 is 1.17 bits per heavy atom. The molecule has 0 unspecified atom stereocenters. The molecule has 2 aromatic rings. The maximum Gasteiger partial charge on any atom is 0.417 e. The summed E-state index contributed by atoms with van der Waals surface area (Å²) in [5.74, 6) is 0.424. The van der Waals surface area contributed by atoms with Gasteiger partial charge in [-0.25, -0.2) is 14.7 Å². The fraction of sp³-hybridized carbons (Fsp3) is 0.143. The van der Waals surface area contributed by atoms with Crippen molar-refractivity contribution in [2.24, 2.45) is 0 Å². The molecule has 0 atom stereocenters. The van der Waals surface area contributed by atoms with Crippen molar-refractivity contribution in [2.75, 3.05) is 4.90 Å². The van der Waals surface area contributed by atoms with Crippen LogP contribution in [0.2, 0.25) is 0 Å². The second-order valence-corrected chi connectivity index (χ2v) is 3.79. The summed E-state index contributed by atoms with van der Waals surface area (Å²) in [6.45, 7) is 1.99. The van der Waals surface area contributed by atoms with Crippen molar-refractivity contribution in [1.82, 2.24) is 4.98 Å². The van der Waals surface area contributed by atoms with Crippen LogP contribution in [0.4, 0.5) is 16.3 Å². The monoisotopic (exact) mass is 242 g/mol. The molecule has 92 valence electrons. The smallest absolute Gasteiger partial charge is 0.417 e. The number of aryl methyl sites for hydroxylation is 1. The molecule has 1 aromatic heterocycles. The van der Waals surface area contributed by atoms with Crippen LogP contribution >= 0.6 is 0 Å². The highest BCUT2D eigenvalue weighted by Gasteiger charge is 2.17. The summed E-state index contributed by atoms with van der Waals surface area (Å²) in [6, 6.07) is 14.3. The van der Waals surface area contributed by atoms with Crippen LogP contribution in [0.15, 0.2) is 48.5 Å². The molecule has 0 fully saturated rings. The lowest BCUT2D eigenvalue weighted by Crippen LogP contribution is -2.24. The molecule has 2 rings (SSSR count). The van der Waals surface area contributed by atoms with E-state index in [4.69, 9.17) is 0 Å². The Morgan fingerprint density at radius 2 is 1.89 bits per heavy atom. The number of rotatable bonds is 3. The summed E-state index contributed by atoms with van der Waals surface area (Å²) in [5, 5.41) is 9.33. The van der Waals surface area contributed by atoms with E-state index in [0.29, 0.717) is 11.5 Å². The highest BCUT2D eigenvalue weighted by Crippen LogP contribution is 2.23. The number of anilines is 2. The van der Waals surface area contributed by atoms with Gasteiger partial charge in [-0.15, -0.1) is 0 Å². The highest BCUT2D eigenvalue weighted by molar-refractivity contribution is 5.93. The van der Waals surface area contributed by atoms with E-state index >= 15 is 0 Å². The summed E-state index contributed by atoms with van der Waals surface area (Å²) in [7, 11) is 0. The molecule has 1 N–H and O–H groups in total. The molecule has 4 heteroatoms. The van der Waals surface area contributed by atoms with Crippen LogP contribution in [0.1, 0.15) is 12.6 Å². The van der Waals surface area contributed by atoms with E-state index in [-0.39, 0.29) is 0 Å². The van der Waals surface area contributed by atoms with E-state index in [2.05, 4.69) is 4.98 Å². The second kappa shape index (κ2) is 5.31. The van der Waals surface area contributed by atoms with Gasteiger partial charge < -0.3 is 5.11 Å². The molecule has 1 aromatic carbocycles. The largest absolute Gasteiger partial charge is 0.464 e. The van der Waals surface area contributed by atoms with Crippen LogP contribution in [0, 0.1) is 0 Å². The first kappa shape index (κ1) is 12.1. The third-order valence-corrected chi connectivity index (χ3v) is 2.59. The third-order valence-electron chi connectivity index (χ3n) is 2.59. The minimum Gasteiger partial charge on any atom is -0.464 e. The number of carboxylic acid groups (broad SMARTS) is 1. The first-order chi connectivity index (χ1) is 8.72. The van der Waals surface area contributed by atoms with Crippen molar-refractivity contribution in [2.45, 2.75) is 13.3 Å². The average Bonchev–Trinajstić information content (AvgIpc) is 2.40. The van der Waals surface area contributed by atoms with Crippen LogP contribution < -0.4 is 4.90 Å². The summed E-state index contributed by atoms with van der Waals surface area (Å²) in [6.07, 6.45) is -0.266. The number of hydrogen-bond donors (Lipinski definition) is 1. The Morgan fingerprint density at radius 3 is 2.50 bits per heavy atom. The SMILES string of the molecule is CCc1cccc(N(C(=O)O)c2ccccc2)n1. The van der Waals surface area contributed by atoms with Crippen molar-refractivity contribution >= 4 is 17.6 Å². The molecular formula is C14H14N2O2. The molecule has 0 bridgehead atoms. The van der Waals surface area contributed by atoms with E-state index in [1.54, 1.807) is 30.3 Å². The van der Waals surface area contributed by atoms with E-state index < -0.39 is 6.09 Å². The topological polar surface area (TPSA) is 53.4 Å². The molecule has 4 nitrogen and oxygen atoms in total. The molecule has 1 heterocycles. The predicted molar refractivity (Wildman–Crippen MR) is 70.2 cm³/mol. The van der Waals surface area contributed by atoms with Gasteiger partial charge in [-0.1, -0.05) is 31.2 Å². The van der Waals surface area contributed by atoms with Gasteiger partial charge in [-0.3, -0.25) is 0 Å². The second-order valence-electron chi connectivity index (χ2n) is 3.79. The Bertz CT molecular complexity index is 541. The van der Waals surface area contributed by atoms with Gasteiger partial charge in [0, 0.05) is 5.69 Å². The van der Waals surface area contributed by atoms with E-state index in [1.807, 2.05) is 25.1 Å². The van der Waals surface area contributed by atoms with Crippen LogP contribution in [-0.4, -0.2) is 16.2 Å². The zero-order valence-electron chi connectivity index (χ0n) is 10.1. The van der Waals surface area contributed by atoms with Gasteiger partial charge in [-0.05, 0) is 30.7 Å². The molecule has 0 aliphatic carbocycles. The molecule has 18 heavy (non-hydrogen) atoms. The van der Waals surface area contributed by atoms with Gasteiger partial charge in [0.05, 0.1) is 5.69 Å². The van der Waals surface area contributed by atoms with Gasteiger partial charge in [-0.2, -0.15) is 0 Å². The number of pyridine rings is 1. The first-order valence-electron chi connectivity index (χ1n) is 5.76. The number of para-hydroxylation sites is 1. The van der Waals surface area contributed by atoms with Gasteiger partial charge in [0.15, 0.2) is 0 Å². The van der Waals surface area contributed by atoms with Gasteiger partial charge in [0.25, 0.3) is 0 Å². The zero-order chi connectivity index (χ0) is 13.0. The lowest BCUT2D eigenvalue weighted by Gasteiger charge is -2.18. The highest BCUT2D eigenvalue weighted by atomic mass is 16.4. The number of hydrogen-bond acceptors (Lipinski definition) is 2. The minimum absolute atomic E-state index is 0.424. The molecule has 0 radical (unpaired) electrons. The van der Waals surface area contributed by atoms with Crippen molar-refractivity contribution < 1.29 is 9.90 Å². The minimum atomic E-state index is -1.04. The van der Waals surface area contributed by atoms with Gasteiger partial charge >= 0.3 is 6.09 Å². The Labute approximate surface area is 106 Å².